The highest BCUT2D eigenvalue weighted by Crippen LogP contribution is 2.10. The smallest absolute Gasteiger partial charge is 0.131 e. The minimum atomic E-state index is -0.748. The van der Waals surface area contributed by atoms with Crippen LogP contribution in [0.2, 0.25) is 0 Å². The van der Waals surface area contributed by atoms with Gasteiger partial charge in [0.15, 0.2) is 0 Å². The van der Waals surface area contributed by atoms with Crippen LogP contribution in [0.15, 0.2) is 12.4 Å². The minimum Gasteiger partial charge on any atom is -0.389 e. The highest BCUT2D eigenvalue weighted by molar-refractivity contribution is 5.46. The fourth-order valence-corrected chi connectivity index (χ4v) is 1.11. The molecule has 0 saturated heterocycles. The lowest BCUT2D eigenvalue weighted by molar-refractivity contribution is 0.0944. The number of anilines is 2. The molecule has 3 N–H and O–H groups in total. The molecule has 0 atom stereocenters. The monoisotopic (exact) mass is 224 g/mol. The van der Waals surface area contributed by atoms with Gasteiger partial charge in [-0.3, -0.25) is 0 Å². The zero-order valence-electron chi connectivity index (χ0n) is 10.1. The van der Waals surface area contributed by atoms with E-state index in [1.165, 1.54) is 6.33 Å². The lowest BCUT2D eigenvalue weighted by Crippen LogP contribution is -2.29. The average molecular weight is 224 g/mol. The molecule has 0 aromatic carbocycles. The molecule has 5 nitrogen and oxygen atoms in total. The molecule has 0 aliphatic heterocycles. The number of nitrogens with zero attached hydrogens (tertiary/aromatic N) is 2. The van der Waals surface area contributed by atoms with Crippen LogP contribution in [-0.2, 0) is 0 Å². The zero-order chi connectivity index (χ0) is 12.0. The predicted octanol–water partition coefficient (Wildman–Crippen LogP) is 1.48. The van der Waals surface area contributed by atoms with E-state index in [2.05, 4.69) is 27.5 Å². The van der Waals surface area contributed by atoms with Gasteiger partial charge >= 0.3 is 0 Å². The van der Waals surface area contributed by atoms with E-state index in [4.69, 9.17) is 0 Å². The Bertz CT molecular complexity index is 322. The molecule has 0 amide bonds. The van der Waals surface area contributed by atoms with Crippen molar-refractivity contribution in [2.45, 2.75) is 32.8 Å². The summed E-state index contributed by atoms with van der Waals surface area (Å²) < 4.78 is 0. The SMILES string of the molecule is CCCNc1cc(NCC(C)(C)O)ncn1. The molecule has 1 aromatic heterocycles. The van der Waals surface area contributed by atoms with Gasteiger partial charge in [0, 0.05) is 19.2 Å². The minimum absolute atomic E-state index is 0.456. The van der Waals surface area contributed by atoms with Crippen LogP contribution < -0.4 is 10.6 Å². The quantitative estimate of drug-likeness (QED) is 0.683. The molecule has 0 aliphatic carbocycles. The second kappa shape index (κ2) is 5.65. The summed E-state index contributed by atoms with van der Waals surface area (Å²) in [5.74, 6) is 1.52. The Morgan fingerprint density at radius 2 is 1.88 bits per heavy atom. The molecule has 0 radical (unpaired) electrons. The summed E-state index contributed by atoms with van der Waals surface area (Å²) in [6, 6.07) is 1.83. The van der Waals surface area contributed by atoms with Crippen LogP contribution in [0.25, 0.3) is 0 Å². The van der Waals surface area contributed by atoms with Crippen LogP contribution in [0, 0.1) is 0 Å². The second-order valence-corrected chi connectivity index (χ2v) is 4.38. The van der Waals surface area contributed by atoms with E-state index in [-0.39, 0.29) is 0 Å². The number of nitrogens with one attached hydrogen (secondary N) is 2. The molecule has 1 aromatic rings. The number of rotatable bonds is 6. The molecule has 0 fully saturated rings. The predicted molar refractivity (Wildman–Crippen MR) is 65.6 cm³/mol. The maximum atomic E-state index is 9.57. The average Bonchev–Trinajstić information content (AvgIpc) is 2.23. The third kappa shape index (κ3) is 4.93. The van der Waals surface area contributed by atoms with Gasteiger partial charge in [-0.2, -0.15) is 0 Å². The number of hydrogen-bond acceptors (Lipinski definition) is 5. The van der Waals surface area contributed by atoms with Gasteiger partial charge in [0.2, 0.25) is 0 Å². The van der Waals surface area contributed by atoms with Crippen molar-refractivity contribution in [3.63, 3.8) is 0 Å². The molecule has 5 heteroatoms. The van der Waals surface area contributed by atoms with E-state index in [1.54, 1.807) is 13.8 Å². The molecule has 1 rings (SSSR count). The molecule has 16 heavy (non-hydrogen) atoms. The number of aromatic nitrogens is 2. The number of hydrogen-bond donors (Lipinski definition) is 3. The van der Waals surface area contributed by atoms with E-state index in [9.17, 15) is 5.11 Å². The van der Waals surface area contributed by atoms with E-state index in [0.29, 0.717) is 6.54 Å². The molecule has 0 bridgehead atoms. The van der Waals surface area contributed by atoms with E-state index < -0.39 is 5.60 Å². The molecule has 90 valence electrons. The van der Waals surface area contributed by atoms with Crippen LogP contribution in [-0.4, -0.2) is 33.8 Å². The van der Waals surface area contributed by atoms with Gasteiger partial charge in [-0.15, -0.1) is 0 Å². The topological polar surface area (TPSA) is 70.1 Å². The lowest BCUT2D eigenvalue weighted by atomic mass is 10.1. The lowest BCUT2D eigenvalue weighted by Gasteiger charge is -2.18. The van der Waals surface area contributed by atoms with Crippen molar-refractivity contribution in [1.82, 2.24) is 9.97 Å². The Morgan fingerprint density at radius 1 is 1.25 bits per heavy atom. The molecule has 1 heterocycles. The maximum Gasteiger partial charge on any atom is 0.131 e. The van der Waals surface area contributed by atoms with Crippen LogP contribution in [0.5, 0.6) is 0 Å². The first-order chi connectivity index (χ1) is 7.51. The van der Waals surface area contributed by atoms with Gasteiger partial charge in [-0.05, 0) is 20.3 Å². The van der Waals surface area contributed by atoms with E-state index in [1.807, 2.05) is 6.07 Å². The molecule has 0 spiro atoms. The summed E-state index contributed by atoms with van der Waals surface area (Å²) in [5, 5.41) is 15.8. The molecular formula is C11H20N4O. The van der Waals surface area contributed by atoms with E-state index in [0.717, 1.165) is 24.6 Å². The van der Waals surface area contributed by atoms with Gasteiger partial charge in [0.25, 0.3) is 0 Å². The maximum absolute atomic E-state index is 9.57. The molecule has 0 unspecified atom stereocenters. The Morgan fingerprint density at radius 3 is 2.44 bits per heavy atom. The van der Waals surface area contributed by atoms with Crippen LogP contribution in [0.3, 0.4) is 0 Å². The van der Waals surface area contributed by atoms with Crippen molar-refractivity contribution in [2.24, 2.45) is 0 Å². The van der Waals surface area contributed by atoms with Gasteiger partial charge in [0.1, 0.15) is 18.0 Å². The van der Waals surface area contributed by atoms with Crippen molar-refractivity contribution in [1.29, 1.82) is 0 Å². The van der Waals surface area contributed by atoms with Crippen LogP contribution >= 0.6 is 0 Å². The van der Waals surface area contributed by atoms with Crippen molar-refractivity contribution in [2.75, 3.05) is 23.7 Å². The fraction of sp³-hybridized carbons (Fsp3) is 0.636. The molecule has 0 saturated carbocycles. The zero-order valence-corrected chi connectivity index (χ0v) is 10.1. The molecular weight excluding hydrogens is 204 g/mol. The second-order valence-electron chi connectivity index (χ2n) is 4.38. The van der Waals surface area contributed by atoms with Crippen molar-refractivity contribution in [3.8, 4) is 0 Å². The summed E-state index contributed by atoms with van der Waals surface area (Å²) in [5.41, 5.74) is -0.748. The standard InChI is InChI=1S/C11H20N4O/c1-4-5-12-9-6-10(15-8-14-9)13-7-11(2,3)16/h6,8,16H,4-5,7H2,1-3H3,(H2,12,13,14,15). The first-order valence-electron chi connectivity index (χ1n) is 5.53. The summed E-state index contributed by atoms with van der Waals surface area (Å²) in [6.07, 6.45) is 2.56. The Labute approximate surface area is 96.3 Å². The Kier molecular flexibility index (Phi) is 4.49. The highest BCUT2D eigenvalue weighted by Gasteiger charge is 2.11. The highest BCUT2D eigenvalue weighted by atomic mass is 16.3. The van der Waals surface area contributed by atoms with Crippen molar-refractivity contribution < 1.29 is 5.11 Å². The van der Waals surface area contributed by atoms with Crippen molar-refractivity contribution >= 4 is 11.6 Å². The summed E-state index contributed by atoms with van der Waals surface area (Å²) in [6.45, 7) is 6.94. The van der Waals surface area contributed by atoms with Gasteiger partial charge < -0.3 is 15.7 Å². The fourth-order valence-electron chi connectivity index (χ4n) is 1.11. The van der Waals surface area contributed by atoms with Gasteiger partial charge in [0.05, 0.1) is 5.60 Å². The van der Waals surface area contributed by atoms with E-state index >= 15 is 0 Å². The van der Waals surface area contributed by atoms with Crippen LogP contribution in [0.4, 0.5) is 11.6 Å². The van der Waals surface area contributed by atoms with Crippen LogP contribution in [0.1, 0.15) is 27.2 Å². The first kappa shape index (κ1) is 12.7. The van der Waals surface area contributed by atoms with Gasteiger partial charge in [-0.1, -0.05) is 6.92 Å². The third-order valence-corrected chi connectivity index (χ3v) is 1.93. The Balaban J connectivity index is 2.53. The molecule has 0 aliphatic rings. The normalized spacial score (nSPS) is 11.2. The third-order valence-electron chi connectivity index (χ3n) is 1.93. The first-order valence-corrected chi connectivity index (χ1v) is 5.53. The van der Waals surface area contributed by atoms with Crippen molar-refractivity contribution in [3.05, 3.63) is 12.4 Å². The summed E-state index contributed by atoms with van der Waals surface area (Å²) >= 11 is 0. The summed E-state index contributed by atoms with van der Waals surface area (Å²) in [7, 11) is 0. The Hall–Kier alpha value is -1.36. The number of aliphatic hydroxyl groups is 1. The largest absolute Gasteiger partial charge is 0.389 e. The van der Waals surface area contributed by atoms with Gasteiger partial charge in [-0.25, -0.2) is 9.97 Å². The summed E-state index contributed by atoms with van der Waals surface area (Å²) in [4.78, 5) is 8.17.